The maximum absolute atomic E-state index is 10.0. The normalized spacial score (nSPS) is 11.4. The minimum absolute atomic E-state index is 0. The Morgan fingerprint density at radius 2 is 0.301 bits per heavy atom. The molecule has 0 aliphatic carbocycles. The molecule has 12 nitrogen and oxygen atoms in total. The van der Waals surface area contributed by atoms with E-state index in [1.807, 2.05) is 0 Å². The zero-order valence-electron chi connectivity index (χ0n) is 50.5. The van der Waals surface area contributed by atoms with Crippen molar-refractivity contribution in [2.75, 3.05) is 0 Å². The molecule has 0 atom stereocenters. The summed E-state index contributed by atoms with van der Waals surface area (Å²) in [5, 5.41) is 60.3. The van der Waals surface area contributed by atoms with E-state index in [9.17, 15) is 59.4 Å². The van der Waals surface area contributed by atoms with Crippen molar-refractivity contribution in [3.05, 3.63) is 0 Å². The third-order valence-electron chi connectivity index (χ3n) is 10.8. The van der Waals surface area contributed by atoms with Crippen LogP contribution in [0.5, 0.6) is 0 Å². The van der Waals surface area contributed by atoms with Gasteiger partial charge in [0.15, 0.2) is 0 Å². The number of hydrogen-bond donors (Lipinski definition) is 0. The topological polar surface area (TPSA) is 241 Å². The van der Waals surface area contributed by atoms with Gasteiger partial charge in [-0.3, -0.25) is 0 Å². The Kier molecular flexibility index (Phi) is 56.8. The quantitative estimate of drug-likeness (QED) is 0.0482. The van der Waals surface area contributed by atoms with Gasteiger partial charge in [0.2, 0.25) is 0 Å². The van der Waals surface area contributed by atoms with E-state index in [0.29, 0.717) is 32.5 Å². The molecule has 0 unspecified atom stereocenters. The van der Waals surface area contributed by atoms with Crippen LogP contribution in [0.15, 0.2) is 0 Å². The fourth-order valence-electron chi connectivity index (χ4n) is 6.61. The smallest absolute Gasteiger partial charge is 0.550 e. The van der Waals surface area contributed by atoms with E-state index in [1.165, 1.54) is 38.5 Å². The summed E-state index contributed by atoms with van der Waals surface area (Å²) < 4.78 is 0. The molecule has 0 radical (unpaired) electrons. The molecule has 0 saturated heterocycles. The average Bonchev–Trinajstić information content (AvgIpc) is 3.15. The molecule has 0 amide bonds. The van der Waals surface area contributed by atoms with Crippen LogP contribution in [0.2, 0.25) is 0 Å². The zero-order chi connectivity index (χ0) is 57.7. The average molecular weight is 1120 g/mol. The summed E-state index contributed by atoms with van der Waals surface area (Å²) in [5.41, 5.74) is 2.26. The van der Waals surface area contributed by atoms with Gasteiger partial charge in [-0.2, -0.15) is 0 Å². The molecule has 73 heavy (non-hydrogen) atoms. The maximum atomic E-state index is 10.0. The Morgan fingerprint density at radius 1 is 0.205 bits per heavy atom. The number of unbranched alkanes of at least 4 members (excludes halogenated alkanes) is 12. The molecule has 0 aromatic heterocycles. The van der Waals surface area contributed by atoms with E-state index in [1.54, 1.807) is 0 Å². The van der Waals surface area contributed by atoms with E-state index in [-0.39, 0.29) is 59.6 Å². The standard InChI is InChI=1S/6C10H20O2.Mo/c6*1-10(2,3)8-6-4-5-7-9(11)12;/h6*4-8H2,1-3H3,(H,11,12);/q;;;;;;+6/p-6. The van der Waals surface area contributed by atoms with Gasteiger partial charge in [0.1, 0.15) is 0 Å². The maximum Gasteiger partial charge on any atom is 6.00 e. The first-order valence-electron chi connectivity index (χ1n) is 27.7. The van der Waals surface area contributed by atoms with Crippen molar-refractivity contribution >= 4 is 35.8 Å². The van der Waals surface area contributed by atoms with Gasteiger partial charge in [-0.25, -0.2) is 0 Å². The van der Waals surface area contributed by atoms with E-state index in [4.69, 9.17) is 0 Å². The number of carbonyl (C=O) groups is 6. The first-order valence-corrected chi connectivity index (χ1v) is 27.7. The van der Waals surface area contributed by atoms with Crippen LogP contribution in [0.3, 0.4) is 0 Å². The van der Waals surface area contributed by atoms with Crippen LogP contribution in [0.25, 0.3) is 0 Å². The Balaban J connectivity index is -0.000000143. The van der Waals surface area contributed by atoms with Gasteiger partial charge in [0, 0.05) is 35.8 Å². The summed E-state index contributed by atoms with van der Waals surface area (Å²) in [4.78, 5) is 60.3. The van der Waals surface area contributed by atoms with Crippen molar-refractivity contribution in [3.8, 4) is 0 Å². The van der Waals surface area contributed by atoms with Gasteiger partial charge >= 0.3 is 21.1 Å². The summed E-state index contributed by atoms with van der Waals surface area (Å²) in [5.74, 6) is -5.55. The summed E-state index contributed by atoms with van der Waals surface area (Å²) in [6.07, 6.45) is 25.6. The van der Waals surface area contributed by atoms with Crippen molar-refractivity contribution in [3.63, 3.8) is 0 Å². The molecule has 0 spiro atoms. The van der Waals surface area contributed by atoms with Crippen molar-refractivity contribution < 1.29 is 80.5 Å². The van der Waals surface area contributed by atoms with Gasteiger partial charge in [-0.05, 0) is 148 Å². The molecular weight excluding hydrogens is 1010 g/mol. The van der Waals surface area contributed by atoms with Crippen LogP contribution in [0.4, 0.5) is 0 Å². The minimum Gasteiger partial charge on any atom is -0.550 e. The zero-order valence-corrected chi connectivity index (χ0v) is 52.5. The molecule has 432 valence electrons. The molecular formula is C60H114MoO12. The monoisotopic (exact) mass is 1120 g/mol. The van der Waals surface area contributed by atoms with Gasteiger partial charge in [-0.15, -0.1) is 0 Å². The fourth-order valence-corrected chi connectivity index (χ4v) is 6.61. The predicted molar refractivity (Wildman–Crippen MR) is 285 cm³/mol. The summed E-state index contributed by atoms with van der Waals surface area (Å²) >= 11 is 0. The number of aliphatic carboxylic acids is 6. The van der Waals surface area contributed by atoms with Crippen LogP contribution in [0.1, 0.15) is 317 Å². The van der Waals surface area contributed by atoms with E-state index in [2.05, 4.69) is 125 Å². The van der Waals surface area contributed by atoms with E-state index >= 15 is 0 Å². The molecule has 0 saturated carbocycles. The van der Waals surface area contributed by atoms with Gasteiger partial charge in [0.25, 0.3) is 0 Å². The van der Waals surface area contributed by atoms with E-state index in [0.717, 1.165) is 116 Å². The van der Waals surface area contributed by atoms with E-state index < -0.39 is 35.8 Å². The number of carbonyl (C=O) groups excluding carboxylic acids is 6. The number of rotatable bonds is 30. The first kappa shape index (κ1) is 84.5. The van der Waals surface area contributed by atoms with Crippen LogP contribution in [-0.4, -0.2) is 35.8 Å². The first-order chi connectivity index (χ1) is 32.5. The van der Waals surface area contributed by atoms with Crippen molar-refractivity contribution in [1.82, 2.24) is 0 Å². The van der Waals surface area contributed by atoms with Gasteiger partial charge in [-0.1, -0.05) is 202 Å². The third-order valence-corrected chi connectivity index (χ3v) is 10.8. The molecule has 0 aromatic carbocycles. The Labute approximate surface area is 463 Å². The second kappa shape index (κ2) is 49.1. The van der Waals surface area contributed by atoms with Crippen molar-refractivity contribution in [2.24, 2.45) is 32.5 Å². The Bertz CT molecular complexity index is 1070. The van der Waals surface area contributed by atoms with Gasteiger partial charge in [0.05, 0.1) is 0 Å². The molecule has 0 heterocycles. The second-order valence-electron chi connectivity index (χ2n) is 27.0. The van der Waals surface area contributed by atoms with Crippen LogP contribution in [0, 0.1) is 32.5 Å². The number of carboxylic acids is 6. The molecule has 0 rings (SSSR count). The predicted octanol–water partition coefficient (Wildman–Crippen LogP) is 10.4. The molecule has 0 bridgehead atoms. The molecule has 0 N–H and O–H groups in total. The van der Waals surface area contributed by atoms with Crippen LogP contribution in [-0.2, 0) is 49.8 Å². The van der Waals surface area contributed by atoms with Crippen molar-refractivity contribution in [1.29, 1.82) is 0 Å². The Hall–Kier alpha value is -2.49. The Morgan fingerprint density at radius 3 is 0.370 bits per heavy atom. The SMILES string of the molecule is CC(C)(C)CCCCCC(=O)[O-].CC(C)(C)CCCCCC(=O)[O-].CC(C)(C)CCCCCC(=O)[O-].CC(C)(C)CCCCCC(=O)[O-].CC(C)(C)CCCCCC(=O)[O-].CC(C)(C)CCCCCC(=O)[O-].[Mo+6]. The third kappa shape index (κ3) is 119. The molecule has 0 aromatic rings. The molecule has 0 aliphatic rings. The summed E-state index contributed by atoms with van der Waals surface area (Å²) in [7, 11) is 0. The fraction of sp³-hybridized carbons (Fsp3) is 0.900. The summed E-state index contributed by atoms with van der Waals surface area (Å²) in [6.45, 7) is 39.6. The molecule has 0 fully saturated rings. The minimum atomic E-state index is -0.925. The largest absolute Gasteiger partial charge is 6.00 e. The van der Waals surface area contributed by atoms with Crippen LogP contribution < -0.4 is 30.6 Å². The number of hydrogen-bond acceptors (Lipinski definition) is 12. The van der Waals surface area contributed by atoms with Crippen molar-refractivity contribution in [2.45, 2.75) is 317 Å². The number of carboxylic acid groups (broad SMARTS) is 6. The van der Waals surface area contributed by atoms with Crippen LogP contribution >= 0.6 is 0 Å². The molecule has 13 heteroatoms. The second-order valence-corrected chi connectivity index (χ2v) is 27.0. The molecule has 0 aliphatic heterocycles. The van der Waals surface area contributed by atoms with Gasteiger partial charge < -0.3 is 59.4 Å². The summed E-state index contributed by atoms with van der Waals surface area (Å²) in [6, 6.07) is 0.